The van der Waals surface area contributed by atoms with Crippen LogP contribution in [0.15, 0.2) is 71.1 Å². The lowest BCUT2D eigenvalue weighted by molar-refractivity contribution is -0.121. The number of hydrogen-bond donors (Lipinski definition) is 1. The van der Waals surface area contributed by atoms with Crippen LogP contribution in [-0.2, 0) is 4.79 Å². The molecule has 28 heavy (non-hydrogen) atoms. The van der Waals surface area contributed by atoms with E-state index in [2.05, 4.69) is 11.6 Å². The number of benzene rings is 2. The molecule has 2 aromatic rings. The summed E-state index contributed by atoms with van der Waals surface area (Å²) >= 11 is 1.19. The summed E-state index contributed by atoms with van der Waals surface area (Å²) in [4.78, 5) is 30.7. The van der Waals surface area contributed by atoms with Crippen LogP contribution in [0.4, 0.5) is 5.69 Å². The van der Waals surface area contributed by atoms with E-state index in [4.69, 9.17) is 4.74 Å². The van der Waals surface area contributed by atoms with Crippen molar-refractivity contribution < 1.29 is 19.4 Å². The van der Waals surface area contributed by atoms with E-state index in [1.165, 1.54) is 22.7 Å². The number of carboxylic acids is 1. The van der Waals surface area contributed by atoms with Crippen molar-refractivity contribution in [3.8, 4) is 5.75 Å². The highest BCUT2D eigenvalue weighted by atomic mass is 32.2. The third kappa shape index (κ3) is 3.99. The fourth-order valence-corrected chi connectivity index (χ4v) is 3.66. The zero-order chi connectivity index (χ0) is 20.1. The average molecular weight is 394 g/mol. The number of amides is 1. The van der Waals surface area contributed by atoms with Crippen LogP contribution < -0.4 is 4.74 Å². The van der Waals surface area contributed by atoms with Crippen molar-refractivity contribution >= 4 is 40.6 Å². The minimum atomic E-state index is -1.07. The van der Waals surface area contributed by atoms with E-state index in [-0.39, 0.29) is 23.7 Å². The number of thioether (sulfide) groups is 1. The molecule has 0 spiro atoms. The summed E-state index contributed by atoms with van der Waals surface area (Å²) in [6.07, 6.45) is 3.34. The maximum absolute atomic E-state index is 12.9. The molecule has 0 unspecified atom stereocenters. The van der Waals surface area contributed by atoms with Gasteiger partial charge in [-0.2, -0.15) is 0 Å². The van der Waals surface area contributed by atoms with Gasteiger partial charge >= 0.3 is 5.97 Å². The third-order valence-electron chi connectivity index (χ3n) is 3.98. The predicted octanol–water partition coefficient (Wildman–Crippen LogP) is 4.18. The van der Waals surface area contributed by atoms with Crippen molar-refractivity contribution in [1.29, 1.82) is 0 Å². The van der Waals surface area contributed by atoms with Gasteiger partial charge in [-0.25, -0.2) is 9.79 Å². The highest BCUT2D eigenvalue weighted by Crippen LogP contribution is 2.36. The van der Waals surface area contributed by atoms with Gasteiger partial charge in [0.1, 0.15) is 5.75 Å². The molecule has 1 fully saturated rings. The first-order valence-corrected chi connectivity index (χ1v) is 9.23. The summed E-state index contributed by atoms with van der Waals surface area (Å²) < 4.78 is 5.34. The molecule has 7 heteroatoms. The first kappa shape index (κ1) is 19.4. The van der Waals surface area contributed by atoms with Gasteiger partial charge in [0.15, 0.2) is 5.17 Å². The molecular weight excluding hydrogens is 376 g/mol. The number of carbonyl (C=O) groups excluding carboxylic acids is 1. The Bertz CT molecular complexity index is 997. The molecule has 1 N–H and O–H groups in total. The Labute approximate surface area is 166 Å². The first-order valence-electron chi connectivity index (χ1n) is 8.41. The molecule has 2 aromatic carbocycles. The van der Waals surface area contributed by atoms with Crippen LogP contribution in [0, 0.1) is 0 Å². The lowest BCUT2D eigenvalue weighted by atomic mass is 10.2. The number of methoxy groups -OCH3 is 1. The number of ether oxygens (including phenoxy) is 1. The van der Waals surface area contributed by atoms with E-state index >= 15 is 0 Å². The Morgan fingerprint density at radius 2 is 1.96 bits per heavy atom. The van der Waals surface area contributed by atoms with Gasteiger partial charge in [0.2, 0.25) is 0 Å². The molecule has 0 radical (unpaired) electrons. The van der Waals surface area contributed by atoms with Crippen molar-refractivity contribution in [2.45, 2.75) is 0 Å². The van der Waals surface area contributed by atoms with Crippen molar-refractivity contribution in [1.82, 2.24) is 4.90 Å². The summed E-state index contributed by atoms with van der Waals surface area (Å²) in [6, 6.07) is 13.8. The fourth-order valence-electron chi connectivity index (χ4n) is 2.66. The van der Waals surface area contributed by atoms with E-state index in [0.717, 1.165) is 5.56 Å². The number of carboxylic acid groups (broad SMARTS) is 1. The maximum Gasteiger partial charge on any atom is 0.337 e. The van der Waals surface area contributed by atoms with Crippen LogP contribution >= 0.6 is 11.8 Å². The molecule has 0 atom stereocenters. The number of rotatable bonds is 6. The van der Waals surface area contributed by atoms with Crippen LogP contribution in [0.5, 0.6) is 5.75 Å². The largest absolute Gasteiger partial charge is 0.496 e. The standard InChI is InChI=1S/C21H18N2O4S/c1-3-12-23-19(24)18(13-14-8-4-7-11-17(14)27-2)28-21(23)22-16-10-6-5-9-15(16)20(25)26/h3-11,13H,1,12H2,2H3,(H,25,26)/b18-13-,22-21?. The minimum absolute atomic E-state index is 0.0729. The van der Waals surface area contributed by atoms with Crippen LogP contribution in [-0.4, -0.2) is 40.7 Å². The maximum atomic E-state index is 12.9. The topological polar surface area (TPSA) is 79.2 Å². The molecule has 1 saturated heterocycles. The number of para-hydroxylation sites is 2. The summed E-state index contributed by atoms with van der Waals surface area (Å²) in [5.41, 5.74) is 1.13. The summed E-state index contributed by atoms with van der Waals surface area (Å²) in [6.45, 7) is 3.96. The quantitative estimate of drug-likeness (QED) is 0.587. The SMILES string of the molecule is C=CCN1C(=O)/C(=C/c2ccccc2OC)SC1=Nc1ccccc1C(=O)O. The van der Waals surface area contributed by atoms with Crippen molar-refractivity contribution in [3.05, 3.63) is 77.2 Å². The van der Waals surface area contributed by atoms with Gasteiger partial charge in [-0.05, 0) is 36.0 Å². The van der Waals surface area contributed by atoms with Crippen LogP contribution in [0.2, 0.25) is 0 Å². The Morgan fingerprint density at radius 3 is 2.68 bits per heavy atom. The summed E-state index contributed by atoms with van der Waals surface area (Å²) in [7, 11) is 1.57. The van der Waals surface area contributed by atoms with Crippen LogP contribution in [0.3, 0.4) is 0 Å². The molecule has 0 aromatic heterocycles. The van der Waals surface area contributed by atoms with Gasteiger partial charge in [0.25, 0.3) is 5.91 Å². The molecule has 0 bridgehead atoms. The molecule has 6 nitrogen and oxygen atoms in total. The summed E-state index contributed by atoms with van der Waals surface area (Å²) in [5.74, 6) is -0.642. The van der Waals surface area contributed by atoms with E-state index in [1.54, 1.807) is 37.5 Å². The van der Waals surface area contributed by atoms with Crippen molar-refractivity contribution in [2.75, 3.05) is 13.7 Å². The van der Waals surface area contributed by atoms with Crippen molar-refractivity contribution in [2.24, 2.45) is 4.99 Å². The lowest BCUT2D eigenvalue weighted by Crippen LogP contribution is -2.29. The van der Waals surface area contributed by atoms with E-state index in [9.17, 15) is 14.7 Å². The van der Waals surface area contributed by atoms with Crippen molar-refractivity contribution in [3.63, 3.8) is 0 Å². The second-order valence-corrected chi connectivity index (χ2v) is 6.78. The highest BCUT2D eigenvalue weighted by Gasteiger charge is 2.33. The second-order valence-electron chi connectivity index (χ2n) is 5.77. The predicted molar refractivity (Wildman–Crippen MR) is 111 cm³/mol. The summed E-state index contributed by atoms with van der Waals surface area (Å²) in [5, 5.41) is 9.77. The zero-order valence-electron chi connectivity index (χ0n) is 15.2. The Kier molecular flexibility index (Phi) is 5.96. The molecular formula is C21H18N2O4S. The van der Waals surface area contributed by atoms with E-state index in [0.29, 0.717) is 15.8 Å². The van der Waals surface area contributed by atoms with Crippen LogP contribution in [0.1, 0.15) is 15.9 Å². The number of aliphatic imine (C=N–C) groups is 1. The smallest absolute Gasteiger partial charge is 0.337 e. The van der Waals surface area contributed by atoms with Gasteiger partial charge in [-0.15, -0.1) is 6.58 Å². The number of aromatic carboxylic acids is 1. The molecule has 142 valence electrons. The Hall–Kier alpha value is -3.32. The second kappa shape index (κ2) is 8.58. The number of carbonyl (C=O) groups is 2. The lowest BCUT2D eigenvalue weighted by Gasteiger charge is -2.13. The minimum Gasteiger partial charge on any atom is -0.496 e. The zero-order valence-corrected chi connectivity index (χ0v) is 16.0. The van der Waals surface area contributed by atoms with Gasteiger partial charge in [-0.3, -0.25) is 9.69 Å². The van der Waals surface area contributed by atoms with Gasteiger partial charge < -0.3 is 9.84 Å². The van der Waals surface area contributed by atoms with Crippen LogP contribution in [0.25, 0.3) is 6.08 Å². The Balaban J connectivity index is 2.03. The monoisotopic (exact) mass is 394 g/mol. The normalized spacial score (nSPS) is 16.6. The number of hydrogen-bond acceptors (Lipinski definition) is 5. The first-order chi connectivity index (χ1) is 13.5. The highest BCUT2D eigenvalue weighted by molar-refractivity contribution is 8.18. The molecule has 1 aliphatic rings. The fraction of sp³-hybridized carbons (Fsp3) is 0.0952. The average Bonchev–Trinajstić information content (AvgIpc) is 2.98. The molecule has 1 heterocycles. The molecule has 3 rings (SSSR count). The van der Waals surface area contributed by atoms with E-state index < -0.39 is 5.97 Å². The van der Waals surface area contributed by atoms with Gasteiger partial charge in [0.05, 0.1) is 23.3 Å². The number of amidine groups is 1. The van der Waals surface area contributed by atoms with E-state index in [1.807, 2.05) is 24.3 Å². The molecule has 1 amide bonds. The van der Waals surface area contributed by atoms with Gasteiger partial charge in [0, 0.05) is 12.1 Å². The Morgan fingerprint density at radius 1 is 1.25 bits per heavy atom. The molecule has 1 aliphatic heterocycles. The third-order valence-corrected chi connectivity index (χ3v) is 4.98. The molecule has 0 saturated carbocycles. The number of nitrogens with zero attached hydrogens (tertiary/aromatic N) is 2. The van der Waals surface area contributed by atoms with Gasteiger partial charge in [-0.1, -0.05) is 36.4 Å². The molecule has 0 aliphatic carbocycles.